The van der Waals surface area contributed by atoms with Crippen molar-refractivity contribution in [2.45, 2.75) is 17.3 Å². The second kappa shape index (κ2) is 10.00. The van der Waals surface area contributed by atoms with Gasteiger partial charge in [-0.05, 0) is 61.5 Å². The van der Waals surface area contributed by atoms with Crippen molar-refractivity contribution in [3.8, 4) is 17.1 Å². The molecule has 0 bridgehead atoms. The van der Waals surface area contributed by atoms with E-state index in [0.29, 0.717) is 27.1 Å². The molecule has 0 N–H and O–H groups in total. The number of halogens is 6. The molecule has 1 unspecified atom stereocenters. The Morgan fingerprint density at radius 3 is 2.29 bits per heavy atom. The average molecular weight is 543 g/mol. The van der Waals surface area contributed by atoms with Gasteiger partial charge in [-0.3, -0.25) is 9.36 Å². The quantitative estimate of drug-likeness (QED) is 0.185. The van der Waals surface area contributed by atoms with Gasteiger partial charge in [-0.15, -0.1) is 10.2 Å². The summed E-state index contributed by atoms with van der Waals surface area (Å²) >= 11 is 19.4. The standard InChI is InChI=1S/C23H13Cl3F3N3OS/c1-11(21(33)12-2-6-19(28)20(29)8-12)34-23-31-30-22(15-5-3-13(24)9-16(15)25)32(23)14-4-7-18(27)17(26)10-14/h2-11H,1H3. The lowest BCUT2D eigenvalue weighted by Crippen LogP contribution is -2.15. The van der Waals surface area contributed by atoms with Crippen molar-refractivity contribution in [3.05, 3.63) is 92.7 Å². The molecule has 4 aromatic rings. The van der Waals surface area contributed by atoms with Gasteiger partial charge in [-0.1, -0.05) is 46.6 Å². The smallest absolute Gasteiger partial charge is 0.196 e. The minimum absolute atomic E-state index is 0.00996. The van der Waals surface area contributed by atoms with E-state index in [0.717, 1.165) is 23.9 Å². The summed E-state index contributed by atoms with van der Waals surface area (Å²) < 4.78 is 42.3. The lowest BCUT2D eigenvalue weighted by molar-refractivity contribution is 0.0993. The maximum Gasteiger partial charge on any atom is 0.196 e. The van der Waals surface area contributed by atoms with Gasteiger partial charge in [0.2, 0.25) is 0 Å². The Kier molecular flexibility index (Phi) is 7.23. The number of benzene rings is 3. The molecule has 4 nitrogen and oxygen atoms in total. The van der Waals surface area contributed by atoms with Gasteiger partial charge >= 0.3 is 0 Å². The zero-order valence-corrected chi connectivity index (χ0v) is 20.3. The molecule has 4 rings (SSSR count). The van der Waals surface area contributed by atoms with Crippen LogP contribution in [0.25, 0.3) is 17.1 Å². The summed E-state index contributed by atoms with van der Waals surface area (Å²) in [7, 11) is 0. The number of aromatic nitrogens is 3. The van der Waals surface area contributed by atoms with Crippen molar-refractivity contribution in [1.29, 1.82) is 0 Å². The van der Waals surface area contributed by atoms with Crippen molar-refractivity contribution in [1.82, 2.24) is 14.8 Å². The Morgan fingerprint density at radius 2 is 1.62 bits per heavy atom. The summed E-state index contributed by atoms with van der Waals surface area (Å²) in [6.45, 7) is 1.60. The van der Waals surface area contributed by atoms with E-state index in [2.05, 4.69) is 10.2 Å². The highest BCUT2D eigenvalue weighted by atomic mass is 35.5. The number of ketones is 1. The first kappa shape index (κ1) is 24.6. The lowest BCUT2D eigenvalue weighted by atomic mass is 10.1. The molecule has 34 heavy (non-hydrogen) atoms. The van der Waals surface area contributed by atoms with Crippen LogP contribution in [-0.2, 0) is 0 Å². The van der Waals surface area contributed by atoms with Crippen molar-refractivity contribution in [3.63, 3.8) is 0 Å². The van der Waals surface area contributed by atoms with Crippen LogP contribution in [-0.4, -0.2) is 25.8 Å². The second-order valence-electron chi connectivity index (χ2n) is 7.12. The van der Waals surface area contributed by atoms with Gasteiger partial charge < -0.3 is 0 Å². The minimum Gasteiger partial charge on any atom is -0.293 e. The molecule has 0 amide bonds. The largest absolute Gasteiger partial charge is 0.293 e. The first-order chi connectivity index (χ1) is 16.2. The van der Waals surface area contributed by atoms with Crippen LogP contribution in [0, 0.1) is 17.5 Å². The predicted molar refractivity (Wildman–Crippen MR) is 128 cm³/mol. The van der Waals surface area contributed by atoms with E-state index in [9.17, 15) is 18.0 Å². The number of carbonyl (C=O) groups is 1. The van der Waals surface area contributed by atoms with Crippen LogP contribution >= 0.6 is 46.6 Å². The van der Waals surface area contributed by atoms with Crippen LogP contribution in [0.4, 0.5) is 13.2 Å². The van der Waals surface area contributed by atoms with Gasteiger partial charge in [-0.25, -0.2) is 13.2 Å². The molecule has 11 heteroatoms. The summed E-state index contributed by atoms with van der Waals surface area (Å²) in [6.07, 6.45) is 0. The highest BCUT2D eigenvalue weighted by Gasteiger charge is 2.24. The topological polar surface area (TPSA) is 47.8 Å². The summed E-state index contributed by atoms with van der Waals surface area (Å²) in [5.41, 5.74) is 0.925. The monoisotopic (exact) mass is 541 g/mol. The lowest BCUT2D eigenvalue weighted by Gasteiger charge is -2.14. The zero-order valence-electron chi connectivity index (χ0n) is 17.2. The van der Waals surface area contributed by atoms with Crippen molar-refractivity contribution >= 4 is 52.3 Å². The number of hydrogen-bond donors (Lipinski definition) is 0. The normalized spacial score (nSPS) is 12.1. The van der Waals surface area contributed by atoms with E-state index in [4.69, 9.17) is 34.8 Å². The molecular weight excluding hydrogens is 530 g/mol. The summed E-state index contributed by atoms with van der Waals surface area (Å²) in [6, 6.07) is 11.8. The van der Waals surface area contributed by atoms with Crippen LogP contribution in [0.5, 0.6) is 0 Å². The third-order valence-electron chi connectivity index (χ3n) is 4.82. The zero-order chi connectivity index (χ0) is 24.6. The summed E-state index contributed by atoms with van der Waals surface area (Å²) in [4.78, 5) is 12.9. The number of rotatable bonds is 6. The summed E-state index contributed by atoms with van der Waals surface area (Å²) in [5, 5.41) is 8.53. The first-order valence-corrected chi connectivity index (χ1v) is 11.7. The van der Waals surface area contributed by atoms with Gasteiger partial charge in [0.15, 0.2) is 28.4 Å². The molecule has 0 spiro atoms. The Morgan fingerprint density at radius 1 is 0.882 bits per heavy atom. The SMILES string of the molecule is CC(Sc1nnc(-c2ccc(Cl)cc2Cl)n1-c1ccc(F)c(Cl)c1)C(=O)c1ccc(F)c(F)c1. The minimum atomic E-state index is -1.12. The molecule has 0 fully saturated rings. The van der Waals surface area contributed by atoms with Crippen LogP contribution in [0.15, 0.2) is 59.8 Å². The van der Waals surface area contributed by atoms with Gasteiger partial charge in [-0.2, -0.15) is 0 Å². The number of hydrogen-bond acceptors (Lipinski definition) is 4. The fourth-order valence-electron chi connectivity index (χ4n) is 3.14. The number of thioether (sulfide) groups is 1. The third kappa shape index (κ3) is 4.95. The van der Waals surface area contributed by atoms with Gasteiger partial charge in [0.25, 0.3) is 0 Å². The van der Waals surface area contributed by atoms with Crippen molar-refractivity contribution in [2.24, 2.45) is 0 Å². The van der Waals surface area contributed by atoms with Crippen LogP contribution < -0.4 is 0 Å². The highest BCUT2D eigenvalue weighted by molar-refractivity contribution is 8.00. The summed E-state index contributed by atoms with van der Waals surface area (Å²) in [5.74, 6) is -2.91. The molecule has 0 radical (unpaired) electrons. The molecule has 1 aromatic heterocycles. The van der Waals surface area contributed by atoms with E-state index in [1.807, 2.05) is 0 Å². The number of Topliss-reactive ketones (excluding diaryl/α,β-unsaturated/α-hetero) is 1. The maximum absolute atomic E-state index is 13.8. The fourth-order valence-corrected chi connectivity index (χ4v) is 4.76. The maximum atomic E-state index is 13.8. The average Bonchev–Trinajstić information content (AvgIpc) is 3.20. The van der Waals surface area contributed by atoms with Crippen LogP contribution in [0.1, 0.15) is 17.3 Å². The van der Waals surface area contributed by atoms with Gasteiger partial charge in [0.05, 0.1) is 21.0 Å². The highest BCUT2D eigenvalue weighted by Crippen LogP contribution is 2.36. The molecule has 0 aliphatic rings. The molecule has 0 saturated heterocycles. The predicted octanol–water partition coefficient (Wildman–Crippen LogP) is 7.68. The third-order valence-corrected chi connectivity index (χ3v) is 6.70. The molecular formula is C23H13Cl3F3N3OS. The van der Waals surface area contributed by atoms with E-state index < -0.39 is 28.5 Å². The Labute approximate surface area is 211 Å². The Bertz CT molecular complexity index is 1410. The van der Waals surface area contributed by atoms with E-state index >= 15 is 0 Å². The van der Waals surface area contributed by atoms with Crippen molar-refractivity contribution in [2.75, 3.05) is 0 Å². The van der Waals surface area contributed by atoms with E-state index in [-0.39, 0.29) is 15.7 Å². The first-order valence-electron chi connectivity index (χ1n) is 9.68. The molecule has 0 aliphatic carbocycles. The second-order valence-corrected chi connectivity index (χ2v) is 9.68. The molecule has 3 aromatic carbocycles. The Balaban J connectivity index is 1.77. The van der Waals surface area contributed by atoms with Crippen LogP contribution in [0.3, 0.4) is 0 Å². The van der Waals surface area contributed by atoms with E-state index in [1.165, 1.54) is 30.3 Å². The molecule has 0 aliphatic heterocycles. The van der Waals surface area contributed by atoms with Gasteiger partial charge in [0.1, 0.15) is 5.82 Å². The number of nitrogens with zero attached hydrogens (tertiary/aromatic N) is 3. The fraction of sp³-hybridized carbons (Fsp3) is 0.0870. The molecule has 174 valence electrons. The van der Waals surface area contributed by atoms with Crippen molar-refractivity contribution < 1.29 is 18.0 Å². The Hall–Kier alpha value is -2.52. The molecule has 1 heterocycles. The van der Waals surface area contributed by atoms with E-state index in [1.54, 1.807) is 23.6 Å². The number of carbonyl (C=O) groups excluding carboxylic acids is 1. The molecule has 1 atom stereocenters. The van der Waals surface area contributed by atoms with Crippen LogP contribution in [0.2, 0.25) is 15.1 Å². The van der Waals surface area contributed by atoms with Gasteiger partial charge in [0, 0.05) is 16.1 Å². The molecule has 0 saturated carbocycles.